The smallest absolute Gasteiger partial charge is 0.328 e. The average Bonchev–Trinajstić information content (AvgIpc) is 2.35. The van der Waals surface area contributed by atoms with Gasteiger partial charge in [0.25, 0.3) is 0 Å². The summed E-state index contributed by atoms with van der Waals surface area (Å²) in [4.78, 5) is 17.1. The maximum atomic E-state index is 10.5. The molecule has 1 aromatic carbocycles. The lowest BCUT2D eigenvalue weighted by Crippen LogP contribution is -2.10. The van der Waals surface area contributed by atoms with Crippen LogP contribution in [0.15, 0.2) is 30.3 Å². The third-order valence-corrected chi connectivity index (χ3v) is 2.84. The van der Waals surface area contributed by atoms with Crippen molar-refractivity contribution in [1.82, 2.24) is 4.98 Å². The van der Waals surface area contributed by atoms with E-state index in [4.69, 9.17) is 5.11 Å². The molecule has 0 saturated carbocycles. The van der Waals surface area contributed by atoms with E-state index in [1.165, 1.54) is 0 Å². The summed E-state index contributed by atoms with van der Waals surface area (Å²) in [5.41, 5.74) is 3.80. The second-order valence-electron chi connectivity index (χ2n) is 4.63. The molecule has 1 heterocycles. The molecule has 0 amide bonds. The largest absolute Gasteiger partial charge is 0.478 e. The van der Waals surface area contributed by atoms with Crippen LogP contribution in [0.25, 0.3) is 17.0 Å². The van der Waals surface area contributed by atoms with Gasteiger partial charge in [-0.25, -0.2) is 4.79 Å². The number of carboxylic acids is 1. The fourth-order valence-electron chi connectivity index (χ4n) is 2.00. The molecule has 1 aromatic heterocycles. The second-order valence-corrected chi connectivity index (χ2v) is 4.63. The van der Waals surface area contributed by atoms with Gasteiger partial charge >= 0.3 is 5.97 Å². The molecule has 4 heteroatoms. The van der Waals surface area contributed by atoms with Crippen molar-refractivity contribution in [2.24, 2.45) is 0 Å². The number of carbonyl (C=O) groups is 1. The van der Waals surface area contributed by atoms with Crippen LogP contribution >= 0.6 is 0 Å². The van der Waals surface area contributed by atoms with E-state index in [9.17, 15) is 4.79 Å². The Labute approximate surface area is 112 Å². The van der Waals surface area contributed by atoms with Crippen molar-refractivity contribution in [1.29, 1.82) is 0 Å². The van der Waals surface area contributed by atoms with Crippen molar-refractivity contribution < 1.29 is 9.90 Å². The number of benzene rings is 1. The number of aryl methyl sites for hydroxylation is 1. The molecule has 0 fully saturated rings. The zero-order valence-corrected chi connectivity index (χ0v) is 11.2. The Kier molecular flexibility index (Phi) is 3.51. The molecule has 0 aliphatic rings. The summed E-state index contributed by atoms with van der Waals surface area (Å²) in [6, 6.07) is 7.76. The molecule has 2 aromatic rings. The second kappa shape index (κ2) is 5.10. The van der Waals surface area contributed by atoms with Crippen LogP contribution in [-0.4, -0.2) is 30.2 Å². The minimum atomic E-state index is -0.949. The molecule has 0 atom stereocenters. The van der Waals surface area contributed by atoms with E-state index in [1.807, 2.05) is 50.2 Å². The van der Waals surface area contributed by atoms with Crippen LogP contribution in [0.2, 0.25) is 0 Å². The van der Waals surface area contributed by atoms with E-state index < -0.39 is 5.97 Å². The average molecular weight is 256 g/mol. The van der Waals surface area contributed by atoms with Crippen LogP contribution in [0.4, 0.5) is 5.69 Å². The third kappa shape index (κ3) is 2.91. The van der Waals surface area contributed by atoms with Crippen LogP contribution in [0.3, 0.4) is 0 Å². The first-order valence-electron chi connectivity index (χ1n) is 5.97. The van der Waals surface area contributed by atoms with Gasteiger partial charge in [-0.1, -0.05) is 6.07 Å². The minimum absolute atomic E-state index is 0.851. The first-order chi connectivity index (χ1) is 8.97. The number of rotatable bonds is 3. The lowest BCUT2D eigenvalue weighted by molar-refractivity contribution is -0.131. The molecule has 2 rings (SSSR count). The van der Waals surface area contributed by atoms with Crippen molar-refractivity contribution in [2.45, 2.75) is 6.92 Å². The fraction of sp³-hybridized carbons (Fsp3) is 0.200. The van der Waals surface area contributed by atoms with Gasteiger partial charge in [-0.05, 0) is 36.8 Å². The lowest BCUT2D eigenvalue weighted by Gasteiger charge is -2.16. The molecular weight excluding hydrogens is 240 g/mol. The zero-order valence-electron chi connectivity index (χ0n) is 11.2. The fourth-order valence-corrected chi connectivity index (χ4v) is 2.00. The summed E-state index contributed by atoms with van der Waals surface area (Å²) in [5, 5.41) is 9.68. The quantitative estimate of drug-likeness (QED) is 0.858. The predicted molar refractivity (Wildman–Crippen MR) is 77.5 cm³/mol. The summed E-state index contributed by atoms with van der Waals surface area (Å²) in [5.74, 6) is -0.949. The molecule has 4 nitrogen and oxygen atoms in total. The summed E-state index contributed by atoms with van der Waals surface area (Å²) in [7, 11) is 3.96. The van der Waals surface area contributed by atoms with Gasteiger partial charge in [-0.15, -0.1) is 0 Å². The summed E-state index contributed by atoms with van der Waals surface area (Å²) < 4.78 is 0. The molecule has 0 spiro atoms. The Hall–Kier alpha value is -2.36. The van der Waals surface area contributed by atoms with Crippen LogP contribution in [-0.2, 0) is 4.79 Å². The number of fused-ring (bicyclic) bond motifs is 1. The Bertz CT molecular complexity index is 660. The van der Waals surface area contributed by atoms with Crippen molar-refractivity contribution >= 4 is 28.6 Å². The Morgan fingerprint density at radius 3 is 2.68 bits per heavy atom. The van der Waals surface area contributed by atoms with Gasteiger partial charge in [0, 0.05) is 36.9 Å². The van der Waals surface area contributed by atoms with Gasteiger partial charge in [0.05, 0.1) is 5.52 Å². The first-order valence-corrected chi connectivity index (χ1v) is 5.97. The highest BCUT2D eigenvalue weighted by Gasteiger charge is 2.06. The van der Waals surface area contributed by atoms with Gasteiger partial charge in [0.1, 0.15) is 0 Å². The van der Waals surface area contributed by atoms with Crippen molar-refractivity contribution in [3.8, 4) is 0 Å². The number of aliphatic carboxylic acids is 1. The maximum Gasteiger partial charge on any atom is 0.328 e. The van der Waals surface area contributed by atoms with Crippen LogP contribution in [0.5, 0.6) is 0 Å². The Balaban J connectivity index is 2.60. The topological polar surface area (TPSA) is 53.4 Å². The molecule has 0 saturated heterocycles. The van der Waals surface area contributed by atoms with Crippen molar-refractivity contribution in [3.63, 3.8) is 0 Å². The highest BCUT2D eigenvalue weighted by molar-refractivity contribution is 5.94. The Morgan fingerprint density at radius 2 is 2.05 bits per heavy atom. The van der Waals surface area contributed by atoms with Crippen LogP contribution in [0, 0.1) is 6.92 Å². The highest BCUT2D eigenvalue weighted by Crippen LogP contribution is 2.26. The monoisotopic (exact) mass is 256 g/mol. The predicted octanol–water partition coefficient (Wildman–Crippen LogP) is 2.71. The number of aromatic nitrogens is 1. The SMILES string of the molecule is Cc1cc(N(C)C)c2cc(/C=C/C(=O)O)ccc2n1. The molecule has 0 radical (unpaired) electrons. The van der Waals surface area contributed by atoms with E-state index in [1.54, 1.807) is 6.08 Å². The lowest BCUT2D eigenvalue weighted by atomic mass is 10.1. The van der Waals surface area contributed by atoms with Crippen molar-refractivity contribution in [2.75, 3.05) is 19.0 Å². The number of anilines is 1. The highest BCUT2D eigenvalue weighted by atomic mass is 16.4. The number of hydrogen-bond donors (Lipinski definition) is 1. The zero-order chi connectivity index (χ0) is 14.0. The van der Waals surface area contributed by atoms with Gasteiger partial charge in [0.2, 0.25) is 0 Å². The number of nitrogens with zero attached hydrogens (tertiary/aromatic N) is 2. The molecule has 0 aliphatic carbocycles. The van der Waals surface area contributed by atoms with E-state index in [0.29, 0.717) is 0 Å². The van der Waals surface area contributed by atoms with Gasteiger partial charge < -0.3 is 10.0 Å². The molecule has 1 N–H and O–H groups in total. The summed E-state index contributed by atoms with van der Waals surface area (Å²) in [6.45, 7) is 1.96. The molecular formula is C15H16N2O2. The van der Waals surface area contributed by atoms with Crippen LogP contribution < -0.4 is 4.90 Å². The third-order valence-electron chi connectivity index (χ3n) is 2.84. The first kappa shape index (κ1) is 13.1. The van der Waals surface area contributed by atoms with Crippen LogP contribution in [0.1, 0.15) is 11.3 Å². The van der Waals surface area contributed by atoms with E-state index in [0.717, 1.165) is 33.9 Å². The summed E-state index contributed by atoms with van der Waals surface area (Å²) in [6.07, 6.45) is 2.72. The number of pyridine rings is 1. The normalized spacial score (nSPS) is 11.1. The molecule has 0 unspecified atom stereocenters. The van der Waals surface area contributed by atoms with Gasteiger partial charge in [-0.2, -0.15) is 0 Å². The standard InChI is InChI=1S/C15H16N2O2/c1-10-8-14(17(2)3)12-9-11(5-7-15(18)19)4-6-13(12)16-10/h4-9H,1-3H3,(H,18,19)/b7-5+. The summed E-state index contributed by atoms with van der Waals surface area (Å²) >= 11 is 0. The minimum Gasteiger partial charge on any atom is -0.478 e. The van der Waals surface area contributed by atoms with E-state index in [-0.39, 0.29) is 0 Å². The van der Waals surface area contributed by atoms with Gasteiger partial charge in [0.15, 0.2) is 0 Å². The molecule has 0 aliphatic heterocycles. The molecule has 0 bridgehead atoms. The van der Waals surface area contributed by atoms with E-state index in [2.05, 4.69) is 4.98 Å². The van der Waals surface area contributed by atoms with Gasteiger partial charge in [-0.3, -0.25) is 4.98 Å². The maximum absolute atomic E-state index is 10.5. The number of carboxylic acid groups (broad SMARTS) is 1. The van der Waals surface area contributed by atoms with E-state index >= 15 is 0 Å². The Morgan fingerprint density at radius 1 is 1.32 bits per heavy atom. The molecule has 98 valence electrons. The van der Waals surface area contributed by atoms with Crippen molar-refractivity contribution in [3.05, 3.63) is 41.6 Å². The number of hydrogen-bond acceptors (Lipinski definition) is 3. The molecule has 19 heavy (non-hydrogen) atoms.